The van der Waals surface area contributed by atoms with Crippen LogP contribution in [0.5, 0.6) is 0 Å². The Hall–Kier alpha value is 0.200. The van der Waals surface area contributed by atoms with Crippen molar-refractivity contribution >= 4 is 36.2 Å². The Morgan fingerprint density at radius 2 is 2.06 bits per heavy atom. The molecule has 2 fully saturated rings. The molecule has 2 nitrogen and oxygen atoms in total. The maximum Gasteiger partial charge on any atom is 0.0107 e. The molecule has 0 bridgehead atoms. The lowest BCUT2D eigenvalue weighted by molar-refractivity contribution is 0.231. The van der Waals surface area contributed by atoms with Crippen molar-refractivity contribution in [2.24, 2.45) is 5.92 Å². The SMILES string of the molecule is Cl.Cl.c1csc([C@@H]2C[C@H]2CN2CCNCC2)c1. The van der Waals surface area contributed by atoms with Gasteiger partial charge in [0, 0.05) is 37.6 Å². The molecule has 5 heteroatoms. The predicted octanol–water partition coefficient (Wildman–Crippen LogP) is 2.60. The van der Waals surface area contributed by atoms with Gasteiger partial charge in [-0.1, -0.05) is 6.07 Å². The zero-order chi connectivity index (χ0) is 10.1. The molecule has 2 atom stereocenters. The summed E-state index contributed by atoms with van der Waals surface area (Å²) in [5, 5.41) is 5.61. The molecular weight excluding hydrogens is 275 g/mol. The molecule has 1 aromatic heterocycles. The van der Waals surface area contributed by atoms with Crippen LogP contribution in [0.25, 0.3) is 0 Å². The molecule has 0 aromatic carbocycles. The van der Waals surface area contributed by atoms with Crippen molar-refractivity contribution in [1.29, 1.82) is 0 Å². The first-order valence-corrected chi connectivity index (χ1v) is 6.78. The molecule has 2 heterocycles. The van der Waals surface area contributed by atoms with E-state index in [1.807, 2.05) is 11.3 Å². The van der Waals surface area contributed by atoms with E-state index in [1.165, 1.54) is 39.1 Å². The van der Waals surface area contributed by atoms with Crippen LogP contribution < -0.4 is 5.32 Å². The van der Waals surface area contributed by atoms with Gasteiger partial charge in [0.25, 0.3) is 0 Å². The van der Waals surface area contributed by atoms with E-state index < -0.39 is 0 Å². The summed E-state index contributed by atoms with van der Waals surface area (Å²) in [6.45, 7) is 6.17. The van der Waals surface area contributed by atoms with Gasteiger partial charge in [-0.25, -0.2) is 0 Å². The smallest absolute Gasteiger partial charge is 0.0107 e. The fourth-order valence-electron chi connectivity index (χ4n) is 2.53. The number of rotatable bonds is 3. The Kier molecular flexibility index (Phi) is 6.24. The Morgan fingerprint density at radius 1 is 1.29 bits per heavy atom. The summed E-state index contributed by atoms with van der Waals surface area (Å²) in [5.41, 5.74) is 0. The Bertz CT molecular complexity index is 312. The normalized spacial score (nSPS) is 28.0. The van der Waals surface area contributed by atoms with E-state index in [0.29, 0.717) is 0 Å². The summed E-state index contributed by atoms with van der Waals surface area (Å²) >= 11 is 1.93. The van der Waals surface area contributed by atoms with E-state index >= 15 is 0 Å². The average molecular weight is 295 g/mol. The van der Waals surface area contributed by atoms with Crippen molar-refractivity contribution in [1.82, 2.24) is 10.2 Å². The van der Waals surface area contributed by atoms with Crippen molar-refractivity contribution in [3.63, 3.8) is 0 Å². The van der Waals surface area contributed by atoms with Gasteiger partial charge in [0.05, 0.1) is 0 Å². The first kappa shape index (κ1) is 15.3. The molecule has 17 heavy (non-hydrogen) atoms. The molecule has 0 radical (unpaired) electrons. The Morgan fingerprint density at radius 3 is 2.71 bits per heavy atom. The highest BCUT2D eigenvalue weighted by atomic mass is 35.5. The number of halogens is 2. The average Bonchev–Trinajstić information content (AvgIpc) is 2.82. The lowest BCUT2D eigenvalue weighted by Gasteiger charge is -2.27. The monoisotopic (exact) mass is 294 g/mol. The number of thiophene rings is 1. The van der Waals surface area contributed by atoms with Crippen LogP contribution in [0.2, 0.25) is 0 Å². The molecule has 0 unspecified atom stereocenters. The highest BCUT2D eigenvalue weighted by Gasteiger charge is 2.39. The van der Waals surface area contributed by atoms with Crippen molar-refractivity contribution < 1.29 is 0 Å². The summed E-state index contributed by atoms with van der Waals surface area (Å²) in [6.07, 6.45) is 1.42. The van der Waals surface area contributed by atoms with Gasteiger partial charge >= 0.3 is 0 Å². The minimum absolute atomic E-state index is 0. The van der Waals surface area contributed by atoms with Crippen LogP contribution in [0.4, 0.5) is 0 Å². The van der Waals surface area contributed by atoms with Crippen LogP contribution in [-0.4, -0.2) is 37.6 Å². The van der Waals surface area contributed by atoms with Crippen molar-refractivity contribution in [3.8, 4) is 0 Å². The van der Waals surface area contributed by atoms with Gasteiger partial charge in [-0.3, -0.25) is 0 Å². The van der Waals surface area contributed by atoms with Gasteiger partial charge in [-0.05, 0) is 29.7 Å². The first-order valence-electron chi connectivity index (χ1n) is 5.90. The van der Waals surface area contributed by atoms with Crippen LogP contribution in [0.1, 0.15) is 17.2 Å². The lowest BCUT2D eigenvalue weighted by Crippen LogP contribution is -2.44. The van der Waals surface area contributed by atoms with Gasteiger partial charge in [-0.2, -0.15) is 0 Å². The van der Waals surface area contributed by atoms with Gasteiger partial charge in [0.1, 0.15) is 0 Å². The van der Waals surface area contributed by atoms with Gasteiger partial charge < -0.3 is 10.2 Å². The second-order valence-electron chi connectivity index (χ2n) is 4.67. The highest BCUT2D eigenvalue weighted by molar-refractivity contribution is 7.10. The third-order valence-corrected chi connectivity index (χ3v) is 4.54. The number of hydrogen-bond acceptors (Lipinski definition) is 3. The van der Waals surface area contributed by atoms with Crippen molar-refractivity contribution in [2.75, 3.05) is 32.7 Å². The summed E-state index contributed by atoms with van der Waals surface area (Å²) < 4.78 is 0. The Balaban J connectivity index is 0.000000722. The fourth-order valence-corrected chi connectivity index (χ4v) is 3.46. The maximum atomic E-state index is 3.41. The van der Waals surface area contributed by atoms with E-state index in [0.717, 1.165) is 11.8 Å². The van der Waals surface area contributed by atoms with Crippen LogP contribution in [0.15, 0.2) is 17.5 Å². The molecule has 1 N–H and O–H groups in total. The number of nitrogens with one attached hydrogen (secondary N) is 1. The van der Waals surface area contributed by atoms with E-state index in [2.05, 4.69) is 27.7 Å². The number of nitrogens with zero attached hydrogens (tertiary/aromatic N) is 1. The summed E-state index contributed by atoms with van der Waals surface area (Å²) in [7, 11) is 0. The fraction of sp³-hybridized carbons (Fsp3) is 0.667. The quantitative estimate of drug-likeness (QED) is 0.922. The molecule has 0 spiro atoms. The summed E-state index contributed by atoms with van der Waals surface area (Å²) in [6, 6.07) is 4.48. The lowest BCUT2D eigenvalue weighted by atomic mass is 10.2. The van der Waals surface area contributed by atoms with Crippen molar-refractivity contribution in [3.05, 3.63) is 22.4 Å². The second-order valence-corrected chi connectivity index (χ2v) is 5.65. The van der Waals surface area contributed by atoms with Crippen LogP contribution >= 0.6 is 36.2 Å². The predicted molar refractivity (Wildman–Crippen MR) is 79.0 cm³/mol. The van der Waals surface area contributed by atoms with Crippen LogP contribution in [0, 0.1) is 5.92 Å². The first-order chi connectivity index (χ1) is 7.43. The molecule has 3 rings (SSSR count). The molecule has 1 aromatic rings. The van der Waals surface area contributed by atoms with Gasteiger partial charge in [0.15, 0.2) is 0 Å². The van der Waals surface area contributed by atoms with E-state index in [-0.39, 0.29) is 24.8 Å². The van der Waals surface area contributed by atoms with Gasteiger partial charge in [0.2, 0.25) is 0 Å². The van der Waals surface area contributed by atoms with E-state index in [1.54, 1.807) is 4.88 Å². The molecular formula is C12H20Cl2N2S. The van der Waals surface area contributed by atoms with Gasteiger partial charge in [-0.15, -0.1) is 36.2 Å². The van der Waals surface area contributed by atoms with Crippen LogP contribution in [0.3, 0.4) is 0 Å². The zero-order valence-electron chi connectivity index (χ0n) is 9.80. The molecule has 1 aliphatic heterocycles. The topological polar surface area (TPSA) is 15.3 Å². The molecule has 1 saturated heterocycles. The number of hydrogen-bond donors (Lipinski definition) is 1. The third kappa shape index (κ3) is 3.83. The molecule has 1 aliphatic carbocycles. The standard InChI is InChI=1S/C12H18N2S.2ClH/c1-2-12(15-7-1)11-8-10(11)9-14-5-3-13-4-6-14;;/h1-2,7,10-11,13H,3-6,8-9H2;2*1H/t10-,11+;;/m0../s1. The van der Waals surface area contributed by atoms with Crippen molar-refractivity contribution in [2.45, 2.75) is 12.3 Å². The van der Waals surface area contributed by atoms with E-state index in [4.69, 9.17) is 0 Å². The molecule has 2 aliphatic rings. The Labute approximate surface area is 120 Å². The maximum absolute atomic E-state index is 3.41. The largest absolute Gasteiger partial charge is 0.314 e. The molecule has 0 amide bonds. The highest BCUT2D eigenvalue weighted by Crippen LogP contribution is 2.49. The molecule has 98 valence electrons. The minimum Gasteiger partial charge on any atom is -0.314 e. The van der Waals surface area contributed by atoms with Crippen LogP contribution in [-0.2, 0) is 0 Å². The number of piperazine rings is 1. The third-order valence-electron chi connectivity index (χ3n) is 3.53. The molecule has 1 saturated carbocycles. The minimum atomic E-state index is 0. The van der Waals surface area contributed by atoms with E-state index in [9.17, 15) is 0 Å². The zero-order valence-corrected chi connectivity index (χ0v) is 12.3. The second kappa shape index (κ2) is 6.95. The summed E-state index contributed by atoms with van der Waals surface area (Å²) in [5.74, 6) is 1.83. The summed E-state index contributed by atoms with van der Waals surface area (Å²) in [4.78, 5) is 4.23.